The molecule has 0 radical (unpaired) electrons. The summed E-state index contributed by atoms with van der Waals surface area (Å²) in [4.78, 5) is 18.3. The van der Waals surface area contributed by atoms with E-state index in [0.29, 0.717) is 21.2 Å². The third-order valence-corrected chi connectivity index (χ3v) is 5.07. The van der Waals surface area contributed by atoms with Gasteiger partial charge in [-0.25, -0.2) is 5.43 Å². The predicted octanol–water partition coefficient (Wildman–Crippen LogP) is 3.91. The highest BCUT2D eigenvalue weighted by Gasteiger charge is 2.32. The minimum Gasteiger partial charge on any atom is -0.321 e. The van der Waals surface area contributed by atoms with E-state index in [2.05, 4.69) is 26.7 Å². The second-order valence-corrected chi connectivity index (χ2v) is 7.68. The molecule has 1 heterocycles. The zero-order chi connectivity index (χ0) is 23.3. The highest BCUT2D eigenvalue weighted by atomic mass is 35.5. The Morgan fingerprint density at radius 2 is 1.56 bits per heavy atom. The van der Waals surface area contributed by atoms with E-state index in [1.807, 2.05) is 6.07 Å². The molecule has 3 rings (SSSR count). The number of nitriles is 2. The number of ketones is 1. The largest absolute Gasteiger partial charge is 0.321 e. The minimum atomic E-state index is -1.23. The molecule has 0 unspecified atom stereocenters. The van der Waals surface area contributed by atoms with Crippen molar-refractivity contribution in [3.05, 3.63) is 74.5 Å². The summed E-state index contributed by atoms with van der Waals surface area (Å²) in [5, 5.41) is 27.2. The summed E-state index contributed by atoms with van der Waals surface area (Å²) in [7, 11) is 0. The molecule has 4 N–H and O–H groups in total. The quantitative estimate of drug-likeness (QED) is 0.199. The van der Waals surface area contributed by atoms with Crippen molar-refractivity contribution in [1.29, 1.82) is 10.5 Å². The Morgan fingerprint density at radius 3 is 2.00 bits per heavy atom. The molecular formula is C20H14Cl2N8OS. The van der Waals surface area contributed by atoms with Crippen molar-refractivity contribution in [3.63, 3.8) is 0 Å². The lowest BCUT2D eigenvalue weighted by Gasteiger charge is -2.16. The summed E-state index contributed by atoms with van der Waals surface area (Å²) >= 11 is 16.8. The van der Waals surface area contributed by atoms with Crippen LogP contribution in [0.2, 0.25) is 10.0 Å². The number of nitrogens with one attached hydrogen (secondary N) is 2. The molecule has 0 aliphatic heterocycles. The van der Waals surface area contributed by atoms with Gasteiger partial charge in [0.15, 0.2) is 0 Å². The summed E-state index contributed by atoms with van der Waals surface area (Å²) in [5.41, 5.74) is 3.19. The Hall–Kier alpha value is -3.70. The van der Waals surface area contributed by atoms with Crippen LogP contribution in [0.25, 0.3) is 0 Å². The van der Waals surface area contributed by atoms with E-state index in [-0.39, 0.29) is 16.4 Å². The Morgan fingerprint density at radius 1 is 1.06 bits per heavy atom. The van der Waals surface area contributed by atoms with Crippen LogP contribution in [0.3, 0.4) is 0 Å². The first-order chi connectivity index (χ1) is 15.3. The van der Waals surface area contributed by atoms with Crippen LogP contribution in [-0.2, 0) is 4.79 Å². The SMILES string of the molecule is N#C[C@H](C(=O)/C(=N\Nc1nc(=S)[nH]n1N)[C@@H](C#N)c1ccc(Cl)cc1)c1ccc(Cl)cc1. The number of benzene rings is 2. The van der Waals surface area contributed by atoms with Gasteiger partial charge in [-0.3, -0.25) is 9.89 Å². The molecule has 2 aromatic carbocycles. The Bertz CT molecular complexity index is 1300. The van der Waals surface area contributed by atoms with Crippen molar-refractivity contribution in [1.82, 2.24) is 14.9 Å². The van der Waals surface area contributed by atoms with Crippen LogP contribution in [0, 0.1) is 27.4 Å². The van der Waals surface area contributed by atoms with Crippen molar-refractivity contribution in [2.75, 3.05) is 11.3 Å². The number of halogens is 2. The number of H-pyrrole nitrogens is 1. The molecule has 32 heavy (non-hydrogen) atoms. The molecule has 0 fully saturated rings. The predicted molar refractivity (Wildman–Crippen MR) is 123 cm³/mol. The van der Waals surface area contributed by atoms with Gasteiger partial charge in [0, 0.05) is 10.0 Å². The lowest BCUT2D eigenvalue weighted by atomic mass is 9.86. The number of aromatic nitrogens is 3. The number of rotatable bonds is 7. The molecule has 0 aliphatic rings. The second-order valence-electron chi connectivity index (χ2n) is 6.42. The summed E-state index contributed by atoms with van der Waals surface area (Å²) in [5.74, 6) is 2.70. The van der Waals surface area contributed by atoms with E-state index in [1.165, 1.54) is 0 Å². The molecule has 3 aromatic rings. The van der Waals surface area contributed by atoms with Gasteiger partial charge >= 0.3 is 0 Å². The third kappa shape index (κ3) is 5.13. The second kappa shape index (κ2) is 10.1. The van der Waals surface area contributed by atoms with Gasteiger partial charge in [0.2, 0.25) is 10.6 Å². The fraction of sp³-hybridized carbons (Fsp3) is 0.100. The number of aromatic amines is 1. The maximum absolute atomic E-state index is 13.4. The van der Waals surface area contributed by atoms with Gasteiger partial charge in [0.25, 0.3) is 5.95 Å². The van der Waals surface area contributed by atoms with Gasteiger partial charge in [0.05, 0.1) is 12.1 Å². The number of carbonyl (C=O) groups excluding carboxylic acids is 1. The van der Waals surface area contributed by atoms with Crippen molar-refractivity contribution in [2.24, 2.45) is 5.10 Å². The molecule has 0 saturated carbocycles. The fourth-order valence-corrected chi connectivity index (χ4v) is 3.26. The van der Waals surface area contributed by atoms with Crippen molar-refractivity contribution in [2.45, 2.75) is 11.8 Å². The molecule has 0 saturated heterocycles. The van der Waals surface area contributed by atoms with Gasteiger partial charge in [-0.2, -0.15) is 25.4 Å². The zero-order valence-electron chi connectivity index (χ0n) is 16.2. The number of anilines is 1. The molecule has 1 aromatic heterocycles. The molecule has 2 atom stereocenters. The topological polar surface area (TPSA) is 149 Å². The van der Waals surface area contributed by atoms with Crippen LogP contribution in [-0.4, -0.2) is 26.4 Å². The Kier molecular flexibility index (Phi) is 7.23. The standard InChI is InChI=1S/C20H14Cl2N8OS/c21-13-5-1-11(2-6-13)15(9-23)17(27-28-19-26-20(32)29-30(19)25)18(31)16(10-24)12-3-7-14(22)8-4-12/h1-8,15-16H,25H2,(H2,26,28,29,32)/b27-17-/t15-,16-/m0/s1. The maximum atomic E-state index is 13.4. The number of hydrogen-bond donors (Lipinski definition) is 3. The van der Waals surface area contributed by atoms with E-state index >= 15 is 0 Å². The van der Waals surface area contributed by atoms with Gasteiger partial charge < -0.3 is 5.84 Å². The Balaban J connectivity index is 2.07. The van der Waals surface area contributed by atoms with E-state index in [0.717, 1.165) is 4.79 Å². The number of nitrogens with zero attached hydrogens (tertiary/aromatic N) is 5. The zero-order valence-corrected chi connectivity index (χ0v) is 18.5. The molecule has 0 spiro atoms. The average Bonchev–Trinajstić information content (AvgIpc) is 3.10. The number of carbonyl (C=O) groups is 1. The molecule has 0 bridgehead atoms. The molecule has 0 amide bonds. The Labute approximate surface area is 197 Å². The number of Topliss-reactive ketones (excluding diaryl/α,β-unsaturated/α-hetero) is 1. The minimum absolute atomic E-state index is 0.00750. The molecule has 12 heteroatoms. The summed E-state index contributed by atoms with van der Waals surface area (Å²) in [6, 6.07) is 16.7. The van der Waals surface area contributed by atoms with E-state index in [1.54, 1.807) is 48.5 Å². The summed E-state index contributed by atoms with van der Waals surface area (Å²) < 4.78 is 0.0867. The van der Waals surface area contributed by atoms with Crippen LogP contribution in [0.5, 0.6) is 0 Å². The van der Waals surface area contributed by atoms with Crippen LogP contribution >= 0.6 is 35.4 Å². The van der Waals surface area contributed by atoms with Crippen molar-refractivity contribution >= 4 is 52.9 Å². The fourth-order valence-electron chi connectivity index (χ4n) is 2.82. The molecular weight excluding hydrogens is 471 g/mol. The lowest BCUT2D eigenvalue weighted by Crippen LogP contribution is -2.28. The molecule has 160 valence electrons. The lowest BCUT2D eigenvalue weighted by molar-refractivity contribution is -0.113. The maximum Gasteiger partial charge on any atom is 0.261 e. The van der Waals surface area contributed by atoms with Gasteiger partial charge in [-0.1, -0.05) is 47.5 Å². The number of hydrogen-bond acceptors (Lipinski definition) is 8. The van der Waals surface area contributed by atoms with Gasteiger partial charge in [0.1, 0.15) is 17.5 Å². The third-order valence-electron chi connectivity index (χ3n) is 4.38. The first-order valence-corrected chi connectivity index (χ1v) is 10.1. The van der Waals surface area contributed by atoms with E-state index in [9.17, 15) is 15.3 Å². The first kappa shape index (κ1) is 23.0. The van der Waals surface area contributed by atoms with Crippen molar-refractivity contribution in [3.8, 4) is 12.1 Å². The van der Waals surface area contributed by atoms with Crippen LogP contribution in [0.1, 0.15) is 23.0 Å². The van der Waals surface area contributed by atoms with Gasteiger partial charge in [-0.05, 0) is 47.6 Å². The monoisotopic (exact) mass is 484 g/mol. The summed E-state index contributed by atoms with van der Waals surface area (Å²) in [6.07, 6.45) is 0. The van der Waals surface area contributed by atoms with E-state index < -0.39 is 17.6 Å². The highest BCUT2D eigenvalue weighted by molar-refractivity contribution is 7.71. The van der Waals surface area contributed by atoms with Crippen molar-refractivity contribution < 1.29 is 4.79 Å². The average molecular weight is 485 g/mol. The molecule has 9 nitrogen and oxygen atoms in total. The number of hydrazone groups is 1. The smallest absolute Gasteiger partial charge is 0.261 e. The van der Waals surface area contributed by atoms with E-state index in [4.69, 9.17) is 41.3 Å². The normalized spacial score (nSPS) is 12.9. The van der Waals surface area contributed by atoms with Crippen LogP contribution in [0.15, 0.2) is 53.6 Å². The summed E-state index contributed by atoms with van der Waals surface area (Å²) in [6.45, 7) is 0. The molecule has 0 aliphatic carbocycles. The number of nitrogens with two attached hydrogens (primary N) is 1. The van der Waals surface area contributed by atoms with Crippen LogP contribution < -0.4 is 11.3 Å². The van der Waals surface area contributed by atoms with Gasteiger partial charge in [-0.15, -0.1) is 0 Å². The number of nitrogen functional groups attached to an aromatic ring is 1. The van der Waals surface area contributed by atoms with Crippen LogP contribution in [0.4, 0.5) is 5.95 Å². The highest BCUT2D eigenvalue weighted by Crippen LogP contribution is 2.26. The first-order valence-electron chi connectivity index (χ1n) is 8.96.